The molecule has 1 unspecified atom stereocenters. The molecule has 7 nitrogen and oxygen atoms in total. The van der Waals surface area contributed by atoms with Gasteiger partial charge in [-0.25, -0.2) is 0 Å². The highest BCUT2D eigenvalue weighted by atomic mass is 127. The van der Waals surface area contributed by atoms with Gasteiger partial charge in [0.15, 0.2) is 5.96 Å². The second-order valence-corrected chi connectivity index (χ2v) is 7.40. The minimum atomic E-state index is -0.0351. The second-order valence-electron chi connectivity index (χ2n) is 7.40. The lowest BCUT2D eigenvalue weighted by Crippen LogP contribution is -2.42. The molecule has 2 rings (SSSR count). The summed E-state index contributed by atoms with van der Waals surface area (Å²) < 4.78 is 1.92. The zero-order valence-corrected chi connectivity index (χ0v) is 21.2. The number of rotatable bonds is 8. The van der Waals surface area contributed by atoms with Crippen molar-refractivity contribution in [3.63, 3.8) is 0 Å². The Balaban J connectivity index is 0.00000450. The predicted molar refractivity (Wildman–Crippen MR) is 134 cm³/mol. The number of benzene rings is 1. The molecule has 0 fully saturated rings. The van der Waals surface area contributed by atoms with Gasteiger partial charge in [-0.15, -0.1) is 24.0 Å². The molecule has 0 bridgehead atoms. The van der Waals surface area contributed by atoms with Crippen molar-refractivity contribution in [2.45, 2.75) is 53.1 Å². The summed E-state index contributed by atoms with van der Waals surface area (Å²) in [4.78, 5) is 16.5. The van der Waals surface area contributed by atoms with Crippen LogP contribution in [0.4, 0.5) is 0 Å². The fourth-order valence-electron chi connectivity index (χ4n) is 3.25. The molecular formula is C22H35IN6O. The SMILES string of the molecule is CCCNC(=O)c1cccc(CNC(=NC)NC(C)Cc2c(C)nn(C)c2C)c1.I. The Morgan fingerprint density at radius 3 is 2.60 bits per heavy atom. The number of nitrogens with one attached hydrogen (secondary N) is 3. The van der Waals surface area contributed by atoms with E-state index >= 15 is 0 Å². The summed E-state index contributed by atoms with van der Waals surface area (Å²) in [5, 5.41) is 14.2. The van der Waals surface area contributed by atoms with Crippen LogP contribution in [-0.4, -0.2) is 41.3 Å². The van der Waals surface area contributed by atoms with E-state index in [0.29, 0.717) is 18.7 Å². The third kappa shape index (κ3) is 7.30. The first kappa shape index (κ1) is 25.9. The number of hydrogen-bond donors (Lipinski definition) is 3. The van der Waals surface area contributed by atoms with Crippen LogP contribution in [0.1, 0.15) is 53.1 Å². The maximum absolute atomic E-state index is 12.2. The molecule has 0 aliphatic carbocycles. The van der Waals surface area contributed by atoms with Crippen molar-refractivity contribution in [1.29, 1.82) is 0 Å². The molecule has 1 heterocycles. The molecule has 0 spiro atoms. The molecule has 0 radical (unpaired) electrons. The van der Waals surface area contributed by atoms with Crippen molar-refractivity contribution in [1.82, 2.24) is 25.7 Å². The van der Waals surface area contributed by atoms with Crippen LogP contribution >= 0.6 is 24.0 Å². The Labute approximate surface area is 197 Å². The van der Waals surface area contributed by atoms with Crippen LogP contribution in [0.25, 0.3) is 0 Å². The molecule has 0 saturated carbocycles. The number of amides is 1. The lowest BCUT2D eigenvalue weighted by molar-refractivity contribution is 0.0953. The monoisotopic (exact) mass is 526 g/mol. The largest absolute Gasteiger partial charge is 0.354 e. The summed E-state index contributed by atoms with van der Waals surface area (Å²) in [5.41, 5.74) is 5.24. The quantitative estimate of drug-likeness (QED) is 0.281. The van der Waals surface area contributed by atoms with Crippen LogP contribution in [0.15, 0.2) is 29.3 Å². The van der Waals surface area contributed by atoms with E-state index in [4.69, 9.17) is 0 Å². The highest BCUT2D eigenvalue weighted by Gasteiger charge is 2.14. The first-order chi connectivity index (χ1) is 13.8. The highest BCUT2D eigenvalue weighted by Crippen LogP contribution is 2.14. The number of aliphatic imine (C=N–C) groups is 1. The Bertz CT molecular complexity index is 861. The minimum Gasteiger partial charge on any atom is -0.354 e. The maximum atomic E-state index is 12.2. The summed E-state index contributed by atoms with van der Waals surface area (Å²) >= 11 is 0. The van der Waals surface area contributed by atoms with Crippen LogP contribution < -0.4 is 16.0 Å². The summed E-state index contributed by atoms with van der Waals surface area (Å²) in [6.07, 6.45) is 1.80. The number of aryl methyl sites for hydroxylation is 2. The molecule has 30 heavy (non-hydrogen) atoms. The average Bonchev–Trinajstić information content (AvgIpc) is 2.95. The van der Waals surface area contributed by atoms with E-state index in [0.717, 1.165) is 30.1 Å². The van der Waals surface area contributed by atoms with Gasteiger partial charge in [0, 0.05) is 44.5 Å². The zero-order valence-electron chi connectivity index (χ0n) is 18.9. The number of hydrogen-bond acceptors (Lipinski definition) is 3. The Kier molecular flexibility index (Phi) is 10.9. The van der Waals surface area contributed by atoms with E-state index in [1.54, 1.807) is 7.05 Å². The van der Waals surface area contributed by atoms with E-state index < -0.39 is 0 Å². The fourth-order valence-corrected chi connectivity index (χ4v) is 3.25. The van der Waals surface area contributed by atoms with Crippen molar-refractivity contribution in [2.24, 2.45) is 12.0 Å². The molecule has 1 aromatic heterocycles. The molecule has 0 aliphatic rings. The van der Waals surface area contributed by atoms with Crippen molar-refractivity contribution in [3.8, 4) is 0 Å². The lowest BCUT2D eigenvalue weighted by Gasteiger charge is -2.18. The third-order valence-electron chi connectivity index (χ3n) is 4.96. The van der Waals surface area contributed by atoms with Gasteiger partial charge < -0.3 is 16.0 Å². The van der Waals surface area contributed by atoms with Crippen molar-refractivity contribution < 1.29 is 4.79 Å². The number of halogens is 1. The zero-order chi connectivity index (χ0) is 21.4. The summed E-state index contributed by atoms with van der Waals surface area (Å²) in [7, 11) is 3.73. The molecule has 0 aliphatic heterocycles. The van der Waals surface area contributed by atoms with Gasteiger partial charge in [-0.1, -0.05) is 19.1 Å². The molecule has 2 aromatic rings. The first-order valence-electron chi connectivity index (χ1n) is 10.2. The molecule has 0 saturated heterocycles. The number of carbonyl (C=O) groups is 1. The minimum absolute atomic E-state index is 0. The van der Waals surface area contributed by atoms with Gasteiger partial charge in [-0.05, 0) is 56.9 Å². The van der Waals surface area contributed by atoms with E-state index in [-0.39, 0.29) is 35.9 Å². The van der Waals surface area contributed by atoms with Crippen molar-refractivity contribution in [2.75, 3.05) is 13.6 Å². The van der Waals surface area contributed by atoms with Gasteiger partial charge in [0.1, 0.15) is 0 Å². The van der Waals surface area contributed by atoms with Crippen molar-refractivity contribution >= 4 is 35.8 Å². The Morgan fingerprint density at radius 1 is 1.27 bits per heavy atom. The van der Waals surface area contributed by atoms with Gasteiger partial charge in [-0.2, -0.15) is 5.10 Å². The van der Waals surface area contributed by atoms with Crippen LogP contribution in [0.2, 0.25) is 0 Å². The van der Waals surface area contributed by atoms with Crippen LogP contribution in [0, 0.1) is 13.8 Å². The molecule has 1 aromatic carbocycles. The molecule has 166 valence electrons. The molecule has 1 atom stereocenters. The fraction of sp³-hybridized carbons (Fsp3) is 0.500. The first-order valence-corrected chi connectivity index (χ1v) is 10.2. The Hall–Kier alpha value is -2.10. The molecule has 8 heteroatoms. The van der Waals surface area contributed by atoms with Gasteiger partial charge in [0.25, 0.3) is 5.91 Å². The summed E-state index contributed by atoms with van der Waals surface area (Å²) in [6.45, 7) is 9.59. The predicted octanol–water partition coefficient (Wildman–Crippen LogP) is 3.09. The van der Waals surface area contributed by atoms with E-state index in [1.165, 1.54) is 11.3 Å². The lowest BCUT2D eigenvalue weighted by atomic mass is 10.1. The Morgan fingerprint density at radius 2 is 2.00 bits per heavy atom. The van der Waals surface area contributed by atoms with Crippen molar-refractivity contribution in [3.05, 3.63) is 52.3 Å². The molecule has 1 amide bonds. The van der Waals surface area contributed by atoms with Crippen LogP contribution in [0.5, 0.6) is 0 Å². The van der Waals surface area contributed by atoms with E-state index in [2.05, 4.69) is 39.9 Å². The normalized spacial score (nSPS) is 12.1. The van der Waals surface area contributed by atoms with E-state index in [9.17, 15) is 4.79 Å². The topological polar surface area (TPSA) is 83.3 Å². The standard InChI is InChI=1S/C22H34N6O.HI/c1-7-11-24-21(29)19-10-8-9-18(13-19)14-25-22(23-5)26-15(2)12-20-16(3)27-28(6)17(20)4;/h8-10,13,15H,7,11-12,14H2,1-6H3,(H,24,29)(H2,23,25,26);1H. The number of carbonyl (C=O) groups excluding carboxylic acids is 1. The maximum Gasteiger partial charge on any atom is 0.251 e. The van der Waals surface area contributed by atoms with Crippen LogP contribution in [0.3, 0.4) is 0 Å². The number of aromatic nitrogens is 2. The average molecular weight is 526 g/mol. The van der Waals surface area contributed by atoms with E-state index in [1.807, 2.05) is 49.8 Å². The molecule has 3 N–H and O–H groups in total. The van der Waals surface area contributed by atoms with Gasteiger partial charge in [0.2, 0.25) is 0 Å². The third-order valence-corrected chi connectivity index (χ3v) is 4.96. The van der Waals surface area contributed by atoms with Crippen LogP contribution in [-0.2, 0) is 20.0 Å². The highest BCUT2D eigenvalue weighted by molar-refractivity contribution is 14.0. The summed E-state index contributed by atoms with van der Waals surface area (Å²) in [6, 6.07) is 7.86. The van der Waals surface area contributed by atoms with Gasteiger partial charge in [-0.3, -0.25) is 14.5 Å². The number of nitrogens with zero attached hydrogens (tertiary/aromatic N) is 3. The molecular weight excluding hydrogens is 491 g/mol. The summed E-state index contributed by atoms with van der Waals surface area (Å²) in [5.74, 6) is 0.699. The smallest absolute Gasteiger partial charge is 0.251 e. The number of guanidine groups is 1. The van der Waals surface area contributed by atoms with Gasteiger partial charge in [0.05, 0.1) is 5.69 Å². The second kappa shape index (κ2) is 12.6. The van der Waals surface area contributed by atoms with Gasteiger partial charge >= 0.3 is 0 Å².